The molecule has 0 spiro atoms. The van der Waals surface area contributed by atoms with Gasteiger partial charge in [-0.2, -0.15) is 0 Å². The summed E-state index contributed by atoms with van der Waals surface area (Å²) in [4.78, 5) is 10.2. The molecule has 0 unspecified atom stereocenters. The van der Waals surface area contributed by atoms with Crippen molar-refractivity contribution in [1.29, 1.82) is 0 Å². The van der Waals surface area contributed by atoms with E-state index in [2.05, 4.69) is 0 Å². The van der Waals surface area contributed by atoms with Crippen LogP contribution in [0.5, 0.6) is 0 Å². The maximum Gasteiger partial charge on any atom is 0.303 e. The Labute approximate surface area is 72.4 Å². The molecule has 0 saturated heterocycles. The minimum atomic E-state index is -0.719. The van der Waals surface area contributed by atoms with Gasteiger partial charge in [0.1, 0.15) is 0 Å². The Hall–Kier alpha value is -0.570. The summed E-state index contributed by atoms with van der Waals surface area (Å²) in [6.45, 7) is 0.278. The number of aliphatic carboxylic acids is 1. The third-order valence-electron chi connectivity index (χ3n) is 2.64. The molecule has 0 heterocycles. The number of rotatable bonds is 6. The van der Waals surface area contributed by atoms with E-state index in [-0.39, 0.29) is 18.4 Å². The van der Waals surface area contributed by atoms with Gasteiger partial charge in [-0.25, -0.2) is 0 Å². The molecule has 12 heavy (non-hydrogen) atoms. The van der Waals surface area contributed by atoms with Crippen LogP contribution < -0.4 is 0 Å². The number of carbonyl (C=O) groups is 1. The van der Waals surface area contributed by atoms with Crippen molar-refractivity contribution in [1.82, 2.24) is 0 Å². The maximum atomic E-state index is 10.2. The van der Waals surface area contributed by atoms with Gasteiger partial charge >= 0.3 is 5.97 Å². The van der Waals surface area contributed by atoms with Gasteiger partial charge in [-0.1, -0.05) is 6.42 Å². The highest BCUT2D eigenvalue weighted by molar-refractivity contribution is 5.66. The fraction of sp³-hybridized carbons (Fsp3) is 0.889. The predicted octanol–water partition coefficient (Wildman–Crippen LogP) is 1.40. The minimum absolute atomic E-state index is 0.193. The van der Waals surface area contributed by atoms with Gasteiger partial charge in [0, 0.05) is 13.0 Å². The number of carboxylic acids is 1. The zero-order valence-electron chi connectivity index (χ0n) is 7.25. The number of carboxylic acid groups (broad SMARTS) is 1. The molecule has 3 nitrogen and oxygen atoms in total. The summed E-state index contributed by atoms with van der Waals surface area (Å²) in [5, 5.41) is 17.3. The molecule has 1 aliphatic carbocycles. The van der Waals surface area contributed by atoms with E-state index in [1.54, 1.807) is 0 Å². The average molecular weight is 172 g/mol. The van der Waals surface area contributed by atoms with E-state index in [9.17, 15) is 4.79 Å². The third-order valence-corrected chi connectivity index (χ3v) is 2.64. The molecule has 1 aliphatic rings. The number of aliphatic hydroxyl groups is 1. The van der Waals surface area contributed by atoms with E-state index >= 15 is 0 Å². The molecule has 70 valence electrons. The number of hydrogen-bond acceptors (Lipinski definition) is 2. The lowest BCUT2D eigenvalue weighted by molar-refractivity contribution is -0.137. The summed E-state index contributed by atoms with van der Waals surface area (Å²) < 4.78 is 0. The first-order valence-corrected chi connectivity index (χ1v) is 4.51. The maximum absolute atomic E-state index is 10.2. The van der Waals surface area contributed by atoms with Crippen LogP contribution >= 0.6 is 0 Å². The van der Waals surface area contributed by atoms with Crippen LogP contribution in [-0.2, 0) is 4.79 Å². The van der Waals surface area contributed by atoms with Crippen LogP contribution in [0.4, 0.5) is 0 Å². The van der Waals surface area contributed by atoms with Gasteiger partial charge in [-0.15, -0.1) is 0 Å². The van der Waals surface area contributed by atoms with Crippen LogP contribution in [0.3, 0.4) is 0 Å². The average Bonchev–Trinajstić information content (AvgIpc) is 2.79. The topological polar surface area (TPSA) is 57.5 Å². The quantitative estimate of drug-likeness (QED) is 0.595. The number of unbranched alkanes of at least 4 members (excludes halogenated alkanes) is 1. The molecule has 0 radical (unpaired) electrons. The Morgan fingerprint density at radius 1 is 1.33 bits per heavy atom. The van der Waals surface area contributed by atoms with Gasteiger partial charge in [0.05, 0.1) is 0 Å². The molecule has 1 fully saturated rings. The molecule has 3 heteroatoms. The molecular formula is C9H16O3. The van der Waals surface area contributed by atoms with E-state index in [1.807, 2.05) is 0 Å². The summed E-state index contributed by atoms with van der Waals surface area (Å²) in [7, 11) is 0. The lowest BCUT2D eigenvalue weighted by Gasteiger charge is -2.09. The second kappa shape index (κ2) is 3.90. The van der Waals surface area contributed by atoms with Gasteiger partial charge < -0.3 is 10.2 Å². The molecular weight excluding hydrogens is 156 g/mol. The molecule has 1 saturated carbocycles. The van der Waals surface area contributed by atoms with Gasteiger partial charge in [0.25, 0.3) is 0 Å². The Bertz CT molecular complexity index is 161. The van der Waals surface area contributed by atoms with Crippen molar-refractivity contribution in [3.63, 3.8) is 0 Å². The summed E-state index contributed by atoms with van der Waals surface area (Å²) >= 11 is 0. The lowest BCUT2D eigenvalue weighted by Crippen LogP contribution is -2.06. The fourth-order valence-electron chi connectivity index (χ4n) is 1.44. The van der Waals surface area contributed by atoms with Crippen molar-refractivity contribution < 1.29 is 15.0 Å². The van der Waals surface area contributed by atoms with E-state index in [1.165, 1.54) is 0 Å². The molecule has 0 atom stereocenters. The van der Waals surface area contributed by atoms with Crippen molar-refractivity contribution in [3.05, 3.63) is 0 Å². The zero-order chi connectivity index (χ0) is 9.03. The first-order chi connectivity index (χ1) is 5.68. The summed E-state index contributed by atoms with van der Waals surface area (Å²) in [5.74, 6) is -0.719. The van der Waals surface area contributed by atoms with Crippen LogP contribution in [0.2, 0.25) is 0 Å². The minimum Gasteiger partial charge on any atom is -0.481 e. The van der Waals surface area contributed by atoms with Crippen LogP contribution in [0, 0.1) is 5.41 Å². The van der Waals surface area contributed by atoms with Gasteiger partial charge in [-0.3, -0.25) is 4.79 Å². The second-order valence-corrected chi connectivity index (χ2v) is 3.76. The smallest absolute Gasteiger partial charge is 0.303 e. The van der Waals surface area contributed by atoms with Crippen LogP contribution in [0.1, 0.15) is 38.5 Å². The van der Waals surface area contributed by atoms with Crippen molar-refractivity contribution in [2.75, 3.05) is 6.61 Å². The standard InChI is InChI=1S/C9H16O3/c10-7-9(5-6-9)4-2-1-3-8(11)12/h10H,1-7H2,(H,11,12). The Morgan fingerprint density at radius 3 is 2.42 bits per heavy atom. The monoisotopic (exact) mass is 172 g/mol. The van der Waals surface area contributed by atoms with Gasteiger partial charge in [-0.05, 0) is 31.1 Å². The summed E-state index contributed by atoms with van der Waals surface area (Å²) in [6.07, 6.45) is 5.19. The molecule has 1 rings (SSSR count). The van der Waals surface area contributed by atoms with E-state index in [0.717, 1.165) is 32.1 Å². The molecule has 0 amide bonds. The SMILES string of the molecule is O=C(O)CCCCC1(CO)CC1. The van der Waals surface area contributed by atoms with Crippen LogP contribution in [0.15, 0.2) is 0 Å². The third kappa shape index (κ3) is 2.81. The van der Waals surface area contributed by atoms with Crippen molar-refractivity contribution in [3.8, 4) is 0 Å². The van der Waals surface area contributed by atoms with E-state index < -0.39 is 5.97 Å². The van der Waals surface area contributed by atoms with E-state index in [0.29, 0.717) is 0 Å². The molecule has 2 N–H and O–H groups in total. The number of aliphatic hydroxyl groups excluding tert-OH is 1. The predicted molar refractivity (Wildman–Crippen MR) is 44.9 cm³/mol. The van der Waals surface area contributed by atoms with Gasteiger partial charge in [0.2, 0.25) is 0 Å². The molecule has 0 aromatic carbocycles. The summed E-state index contributed by atoms with van der Waals surface area (Å²) in [6, 6.07) is 0. The highest BCUT2D eigenvalue weighted by atomic mass is 16.4. The van der Waals surface area contributed by atoms with Crippen molar-refractivity contribution in [2.24, 2.45) is 5.41 Å². The molecule has 0 aromatic rings. The van der Waals surface area contributed by atoms with Crippen LogP contribution in [0.25, 0.3) is 0 Å². The lowest BCUT2D eigenvalue weighted by atomic mass is 9.99. The first kappa shape index (κ1) is 9.52. The largest absolute Gasteiger partial charge is 0.481 e. The Morgan fingerprint density at radius 2 is 2.00 bits per heavy atom. The molecule has 0 aliphatic heterocycles. The normalized spacial score (nSPS) is 19.1. The van der Waals surface area contributed by atoms with Crippen molar-refractivity contribution in [2.45, 2.75) is 38.5 Å². The van der Waals surface area contributed by atoms with E-state index in [4.69, 9.17) is 10.2 Å². The van der Waals surface area contributed by atoms with Crippen molar-refractivity contribution >= 4 is 5.97 Å². The second-order valence-electron chi connectivity index (χ2n) is 3.76. The summed E-state index contributed by atoms with van der Waals surface area (Å²) in [5.41, 5.74) is 0.193. The highest BCUT2D eigenvalue weighted by Gasteiger charge is 2.40. The first-order valence-electron chi connectivity index (χ1n) is 4.51. The molecule has 0 aromatic heterocycles. The van der Waals surface area contributed by atoms with Crippen LogP contribution in [-0.4, -0.2) is 22.8 Å². The molecule has 0 bridgehead atoms. The fourth-order valence-corrected chi connectivity index (χ4v) is 1.44. The Balaban J connectivity index is 1.99. The highest BCUT2D eigenvalue weighted by Crippen LogP contribution is 2.49. The Kier molecular flexibility index (Phi) is 3.09. The zero-order valence-corrected chi connectivity index (χ0v) is 7.25. The van der Waals surface area contributed by atoms with Gasteiger partial charge in [0.15, 0.2) is 0 Å². The number of hydrogen-bond donors (Lipinski definition) is 2.